The highest BCUT2D eigenvalue weighted by molar-refractivity contribution is 9.10. The molecule has 5 nitrogen and oxygen atoms in total. The van der Waals surface area contributed by atoms with E-state index in [4.69, 9.17) is 9.47 Å². The Bertz CT molecular complexity index is 777. The Morgan fingerprint density at radius 3 is 2.57 bits per heavy atom. The maximum Gasteiger partial charge on any atom is 0.244 e. The average Bonchev–Trinajstić information content (AvgIpc) is 2.55. The van der Waals surface area contributed by atoms with Crippen LogP contribution >= 0.6 is 15.9 Å². The quantitative estimate of drug-likeness (QED) is 0.775. The van der Waals surface area contributed by atoms with Crippen molar-refractivity contribution >= 4 is 26.0 Å². The van der Waals surface area contributed by atoms with Crippen LogP contribution in [0.15, 0.2) is 51.8 Å². The predicted octanol–water partition coefficient (Wildman–Crippen LogP) is 3.33. The van der Waals surface area contributed by atoms with E-state index in [-0.39, 0.29) is 11.4 Å². The minimum absolute atomic E-state index is 0.101. The van der Waals surface area contributed by atoms with Gasteiger partial charge in [-0.3, -0.25) is 0 Å². The molecule has 0 aliphatic rings. The van der Waals surface area contributed by atoms with Gasteiger partial charge in [0, 0.05) is 16.6 Å². The van der Waals surface area contributed by atoms with E-state index < -0.39 is 10.0 Å². The molecule has 0 unspecified atom stereocenters. The van der Waals surface area contributed by atoms with Crippen LogP contribution in [0.2, 0.25) is 0 Å². The highest BCUT2D eigenvalue weighted by Crippen LogP contribution is 2.28. The first-order chi connectivity index (χ1) is 11.0. The zero-order chi connectivity index (χ0) is 16.9. The van der Waals surface area contributed by atoms with Crippen molar-refractivity contribution in [1.82, 2.24) is 4.72 Å². The lowest BCUT2D eigenvalue weighted by Gasteiger charge is -2.13. The minimum atomic E-state index is -3.72. The van der Waals surface area contributed by atoms with Gasteiger partial charge in [0.1, 0.15) is 16.4 Å². The summed E-state index contributed by atoms with van der Waals surface area (Å²) in [5, 5.41) is 0. The Morgan fingerprint density at radius 1 is 1.13 bits per heavy atom. The zero-order valence-corrected chi connectivity index (χ0v) is 15.3. The first-order valence-corrected chi connectivity index (χ1v) is 9.29. The summed E-state index contributed by atoms with van der Waals surface area (Å²) in [6.07, 6.45) is 0. The molecule has 2 aromatic carbocycles. The van der Waals surface area contributed by atoms with Gasteiger partial charge in [0.25, 0.3) is 0 Å². The van der Waals surface area contributed by atoms with Crippen molar-refractivity contribution < 1.29 is 17.9 Å². The lowest BCUT2D eigenvalue weighted by Crippen LogP contribution is -2.24. The molecule has 0 atom stereocenters. The number of hydrogen-bond donors (Lipinski definition) is 1. The second-order valence-electron chi connectivity index (χ2n) is 4.66. The average molecular weight is 400 g/mol. The fraction of sp³-hybridized carbons (Fsp3) is 0.250. The molecule has 0 fully saturated rings. The Balaban J connectivity index is 2.27. The highest BCUT2D eigenvalue weighted by Gasteiger charge is 2.20. The molecule has 23 heavy (non-hydrogen) atoms. The van der Waals surface area contributed by atoms with Crippen LogP contribution in [0.25, 0.3) is 0 Å². The molecule has 0 radical (unpaired) electrons. The van der Waals surface area contributed by atoms with E-state index in [1.165, 1.54) is 6.07 Å². The van der Waals surface area contributed by atoms with Gasteiger partial charge in [-0.15, -0.1) is 0 Å². The van der Waals surface area contributed by atoms with Gasteiger partial charge in [-0.2, -0.15) is 0 Å². The van der Waals surface area contributed by atoms with Gasteiger partial charge < -0.3 is 9.47 Å². The molecule has 0 saturated carbocycles. The van der Waals surface area contributed by atoms with Crippen molar-refractivity contribution in [1.29, 1.82) is 0 Å². The van der Waals surface area contributed by atoms with Gasteiger partial charge in [-0.05, 0) is 31.2 Å². The van der Waals surface area contributed by atoms with Crippen molar-refractivity contribution in [2.75, 3.05) is 13.7 Å². The van der Waals surface area contributed by atoms with Gasteiger partial charge in [0.2, 0.25) is 10.0 Å². The normalized spacial score (nSPS) is 11.3. The number of rotatable bonds is 7. The van der Waals surface area contributed by atoms with E-state index in [0.29, 0.717) is 22.6 Å². The van der Waals surface area contributed by atoms with Gasteiger partial charge in [-0.25, -0.2) is 13.1 Å². The van der Waals surface area contributed by atoms with Crippen LogP contribution in [-0.4, -0.2) is 22.1 Å². The first-order valence-electron chi connectivity index (χ1n) is 7.02. The summed E-state index contributed by atoms with van der Waals surface area (Å²) in [6.45, 7) is 2.32. The second kappa shape index (κ2) is 7.81. The van der Waals surface area contributed by atoms with E-state index in [2.05, 4.69) is 20.7 Å². The molecule has 0 heterocycles. The third kappa shape index (κ3) is 4.46. The Morgan fingerprint density at radius 2 is 1.87 bits per heavy atom. The SMILES string of the molecule is CCOc1ccc(Br)cc1S(=O)(=O)NCc1ccccc1OC. The van der Waals surface area contributed by atoms with Crippen LogP contribution in [-0.2, 0) is 16.6 Å². The molecule has 0 saturated heterocycles. The molecule has 0 amide bonds. The van der Waals surface area contributed by atoms with Crippen molar-refractivity contribution in [3.8, 4) is 11.5 Å². The van der Waals surface area contributed by atoms with E-state index in [1.54, 1.807) is 32.2 Å². The summed E-state index contributed by atoms with van der Waals surface area (Å²) in [7, 11) is -2.17. The maximum atomic E-state index is 12.6. The van der Waals surface area contributed by atoms with Crippen LogP contribution in [0.1, 0.15) is 12.5 Å². The van der Waals surface area contributed by atoms with E-state index in [0.717, 1.165) is 5.56 Å². The molecular weight excluding hydrogens is 382 g/mol. The molecule has 0 bridgehead atoms. The molecule has 2 rings (SSSR count). The molecule has 2 aromatic rings. The fourth-order valence-corrected chi connectivity index (χ4v) is 3.75. The summed E-state index contributed by atoms with van der Waals surface area (Å²) in [5.74, 6) is 0.956. The first kappa shape index (κ1) is 17.8. The third-order valence-corrected chi connectivity index (χ3v) is 5.06. The predicted molar refractivity (Wildman–Crippen MR) is 92.3 cm³/mol. The van der Waals surface area contributed by atoms with Gasteiger partial charge in [0.15, 0.2) is 0 Å². The highest BCUT2D eigenvalue weighted by atomic mass is 79.9. The molecule has 124 valence electrons. The summed E-state index contributed by atoms with van der Waals surface area (Å²) in [5.41, 5.74) is 0.756. The largest absolute Gasteiger partial charge is 0.496 e. The second-order valence-corrected chi connectivity index (χ2v) is 7.31. The van der Waals surface area contributed by atoms with E-state index in [1.807, 2.05) is 18.2 Å². The summed E-state index contributed by atoms with van der Waals surface area (Å²) < 4.78 is 39.1. The van der Waals surface area contributed by atoms with Crippen LogP contribution in [0.5, 0.6) is 11.5 Å². The van der Waals surface area contributed by atoms with Crippen molar-refractivity contribution in [3.05, 3.63) is 52.5 Å². The standard InChI is InChI=1S/C16H18BrNO4S/c1-3-22-15-9-8-13(17)10-16(15)23(19,20)18-11-12-6-4-5-7-14(12)21-2/h4-10,18H,3,11H2,1-2H3. The van der Waals surface area contributed by atoms with Crippen molar-refractivity contribution in [2.24, 2.45) is 0 Å². The number of halogens is 1. The number of hydrogen-bond acceptors (Lipinski definition) is 4. The van der Waals surface area contributed by atoms with Gasteiger partial charge in [0.05, 0.1) is 13.7 Å². The lowest BCUT2D eigenvalue weighted by molar-refractivity contribution is 0.331. The summed E-state index contributed by atoms with van der Waals surface area (Å²) in [6, 6.07) is 12.2. The molecular formula is C16H18BrNO4S. The van der Waals surface area contributed by atoms with Crippen LogP contribution in [0.4, 0.5) is 0 Å². The summed E-state index contributed by atoms with van der Waals surface area (Å²) >= 11 is 3.29. The number of benzene rings is 2. The monoisotopic (exact) mass is 399 g/mol. The Labute approximate surface area is 144 Å². The fourth-order valence-electron chi connectivity index (χ4n) is 2.07. The molecule has 0 aliphatic carbocycles. The number of methoxy groups -OCH3 is 1. The number of ether oxygens (including phenoxy) is 2. The zero-order valence-electron chi connectivity index (χ0n) is 12.9. The Hall–Kier alpha value is -1.57. The van der Waals surface area contributed by atoms with Crippen molar-refractivity contribution in [3.63, 3.8) is 0 Å². The molecule has 0 aliphatic heterocycles. The smallest absolute Gasteiger partial charge is 0.244 e. The maximum absolute atomic E-state index is 12.6. The van der Waals surface area contributed by atoms with E-state index in [9.17, 15) is 8.42 Å². The molecule has 0 aromatic heterocycles. The minimum Gasteiger partial charge on any atom is -0.496 e. The summed E-state index contributed by atoms with van der Waals surface area (Å²) in [4.78, 5) is 0.101. The Kier molecular flexibility index (Phi) is 6.04. The molecule has 7 heteroatoms. The number of para-hydroxylation sites is 1. The van der Waals surface area contributed by atoms with Crippen molar-refractivity contribution in [2.45, 2.75) is 18.4 Å². The van der Waals surface area contributed by atoms with Gasteiger partial charge in [-0.1, -0.05) is 34.1 Å². The lowest BCUT2D eigenvalue weighted by atomic mass is 10.2. The van der Waals surface area contributed by atoms with Gasteiger partial charge >= 0.3 is 0 Å². The number of nitrogens with one attached hydrogen (secondary N) is 1. The van der Waals surface area contributed by atoms with E-state index >= 15 is 0 Å². The van der Waals surface area contributed by atoms with Crippen LogP contribution < -0.4 is 14.2 Å². The topological polar surface area (TPSA) is 64.6 Å². The molecule has 0 spiro atoms. The number of sulfonamides is 1. The third-order valence-electron chi connectivity index (χ3n) is 3.14. The van der Waals surface area contributed by atoms with Crippen LogP contribution in [0.3, 0.4) is 0 Å². The van der Waals surface area contributed by atoms with Crippen LogP contribution in [0, 0.1) is 0 Å². The molecule has 1 N–H and O–H groups in total.